The maximum absolute atomic E-state index is 12.1. The van der Waals surface area contributed by atoms with Crippen molar-refractivity contribution >= 4 is 12.1 Å². The van der Waals surface area contributed by atoms with E-state index in [1.165, 1.54) is 0 Å². The van der Waals surface area contributed by atoms with Gasteiger partial charge in [0.2, 0.25) is 0 Å². The van der Waals surface area contributed by atoms with Crippen molar-refractivity contribution in [1.29, 1.82) is 0 Å². The van der Waals surface area contributed by atoms with Crippen molar-refractivity contribution in [3.8, 4) is 0 Å². The third kappa shape index (κ3) is 2.90. The molecule has 0 aliphatic rings. The molecule has 5 heteroatoms. The number of ketones is 1. The fraction of sp³-hybridized carbons (Fsp3) is 0.200. The van der Waals surface area contributed by atoms with Gasteiger partial charge in [0.1, 0.15) is 6.29 Å². The fourth-order valence-corrected chi connectivity index (χ4v) is 1.04. The van der Waals surface area contributed by atoms with Crippen molar-refractivity contribution < 1.29 is 22.8 Å². The lowest BCUT2D eigenvalue weighted by atomic mass is 10.1. The van der Waals surface area contributed by atoms with Crippen LogP contribution in [-0.4, -0.2) is 12.1 Å². The van der Waals surface area contributed by atoms with Crippen LogP contribution in [0.25, 0.3) is 0 Å². The highest BCUT2D eigenvalue weighted by molar-refractivity contribution is 6.02. The van der Waals surface area contributed by atoms with Crippen LogP contribution in [0.1, 0.15) is 22.3 Å². The van der Waals surface area contributed by atoms with Crippen LogP contribution in [0.2, 0.25) is 0 Å². The number of aldehydes is 1. The molecule has 0 aliphatic carbocycles. The molecule has 0 saturated heterocycles. The maximum atomic E-state index is 12.1. The normalized spacial score (nSPS) is 11.1. The third-order valence-electron chi connectivity index (χ3n) is 1.80. The van der Waals surface area contributed by atoms with Crippen LogP contribution in [0.15, 0.2) is 24.3 Å². The Hall–Kier alpha value is -1.65. The number of hydrogen-bond donors (Lipinski definition) is 0. The number of halogens is 3. The zero-order valence-electron chi connectivity index (χ0n) is 7.54. The summed E-state index contributed by atoms with van der Waals surface area (Å²) in [7, 11) is 0. The lowest BCUT2D eigenvalue weighted by Gasteiger charge is -2.06. The predicted octanol–water partition coefficient (Wildman–Crippen LogP) is 2.48. The Morgan fingerprint density at radius 3 is 2.13 bits per heavy atom. The Morgan fingerprint density at radius 1 is 1.20 bits per heavy atom. The van der Waals surface area contributed by atoms with Gasteiger partial charge >= 0.3 is 6.18 Å². The molecule has 1 aromatic rings. The van der Waals surface area contributed by atoms with Gasteiger partial charge in [-0.15, -0.1) is 0 Å². The first-order valence-electron chi connectivity index (χ1n) is 4.09. The van der Waals surface area contributed by atoms with Crippen molar-refractivity contribution in [2.24, 2.45) is 0 Å². The Morgan fingerprint density at radius 2 is 1.73 bits per heavy atom. The zero-order valence-corrected chi connectivity index (χ0v) is 7.54. The molecule has 2 nitrogen and oxygen atoms in total. The molecule has 1 rings (SSSR count). The monoisotopic (exact) mass is 216 g/mol. The van der Waals surface area contributed by atoms with E-state index in [1.807, 2.05) is 0 Å². The Labute approximate surface area is 83.7 Å². The quantitative estimate of drug-likeness (QED) is 0.442. The summed E-state index contributed by atoms with van der Waals surface area (Å²) in [6, 6.07) is 3.76. The molecule has 0 heterocycles. The third-order valence-corrected chi connectivity index (χ3v) is 1.80. The van der Waals surface area contributed by atoms with Crippen LogP contribution >= 0.6 is 0 Å². The van der Waals surface area contributed by atoms with Crippen LogP contribution in [0.3, 0.4) is 0 Å². The molecule has 0 N–H and O–H groups in total. The first-order valence-corrected chi connectivity index (χ1v) is 4.09. The summed E-state index contributed by atoms with van der Waals surface area (Å²) in [6.07, 6.45) is -4.31. The minimum atomic E-state index is -4.41. The summed E-state index contributed by atoms with van der Waals surface area (Å²) in [5.74, 6) is -0.487. The standard InChI is InChI=1S/C10H7F3O2/c11-10(12,13)8-3-1-7(2-4-8)9(15)5-6-14/h1-4,6H,5H2. The van der Waals surface area contributed by atoms with Crippen molar-refractivity contribution in [3.63, 3.8) is 0 Å². The minimum Gasteiger partial charge on any atom is -0.303 e. The Bertz CT molecular complexity index is 365. The average molecular weight is 216 g/mol. The summed E-state index contributed by atoms with van der Waals surface area (Å²) in [6.45, 7) is 0. The summed E-state index contributed by atoms with van der Waals surface area (Å²) in [4.78, 5) is 21.1. The number of hydrogen-bond acceptors (Lipinski definition) is 2. The van der Waals surface area contributed by atoms with Crippen LogP contribution in [-0.2, 0) is 11.0 Å². The van der Waals surface area contributed by atoms with E-state index < -0.39 is 17.5 Å². The van der Waals surface area contributed by atoms with E-state index in [0.29, 0.717) is 6.29 Å². The molecule has 0 aromatic heterocycles. The van der Waals surface area contributed by atoms with Crippen LogP contribution in [0.4, 0.5) is 13.2 Å². The van der Waals surface area contributed by atoms with Gasteiger partial charge in [0.15, 0.2) is 5.78 Å². The molecule has 0 bridgehead atoms. The maximum Gasteiger partial charge on any atom is 0.416 e. The summed E-state index contributed by atoms with van der Waals surface area (Å²) < 4.78 is 36.4. The molecule has 0 atom stereocenters. The van der Waals surface area contributed by atoms with Gasteiger partial charge in [-0.3, -0.25) is 4.79 Å². The van der Waals surface area contributed by atoms with Gasteiger partial charge in [0.25, 0.3) is 0 Å². The van der Waals surface area contributed by atoms with E-state index in [2.05, 4.69) is 0 Å². The van der Waals surface area contributed by atoms with Crippen molar-refractivity contribution in [1.82, 2.24) is 0 Å². The van der Waals surface area contributed by atoms with Gasteiger partial charge in [-0.25, -0.2) is 0 Å². The Balaban J connectivity index is 2.90. The average Bonchev–Trinajstić information content (AvgIpc) is 2.17. The number of carbonyl (C=O) groups is 2. The van der Waals surface area contributed by atoms with Crippen molar-refractivity contribution in [3.05, 3.63) is 35.4 Å². The van der Waals surface area contributed by atoms with Crippen LogP contribution < -0.4 is 0 Å². The summed E-state index contributed by atoms with van der Waals surface area (Å²) in [5.41, 5.74) is -0.708. The van der Waals surface area contributed by atoms with Gasteiger partial charge in [-0.2, -0.15) is 13.2 Å². The highest BCUT2D eigenvalue weighted by atomic mass is 19.4. The van der Waals surface area contributed by atoms with Gasteiger partial charge < -0.3 is 4.79 Å². The number of Topliss-reactive ketones (excluding diaryl/α,β-unsaturated/α-hetero) is 1. The van der Waals surface area contributed by atoms with E-state index in [0.717, 1.165) is 24.3 Å². The number of carbonyl (C=O) groups excluding carboxylic acids is 2. The highest BCUT2D eigenvalue weighted by Gasteiger charge is 2.30. The predicted molar refractivity (Wildman–Crippen MR) is 46.5 cm³/mol. The van der Waals surface area contributed by atoms with Gasteiger partial charge in [-0.1, -0.05) is 12.1 Å². The molecule has 0 saturated carbocycles. The van der Waals surface area contributed by atoms with E-state index in [1.54, 1.807) is 0 Å². The van der Waals surface area contributed by atoms with Gasteiger partial charge in [-0.05, 0) is 12.1 Å². The fourth-order valence-electron chi connectivity index (χ4n) is 1.04. The molecule has 0 aliphatic heterocycles. The van der Waals surface area contributed by atoms with Crippen molar-refractivity contribution in [2.45, 2.75) is 12.6 Å². The first kappa shape index (κ1) is 11.4. The summed E-state index contributed by atoms with van der Waals surface area (Å²) >= 11 is 0. The number of alkyl halides is 3. The lowest BCUT2D eigenvalue weighted by Crippen LogP contribution is -2.06. The Kier molecular flexibility index (Phi) is 3.24. The molecular formula is C10H7F3O2. The molecule has 80 valence electrons. The highest BCUT2D eigenvalue weighted by Crippen LogP contribution is 2.29. The molecule has 0 unspecified atom stereocenters. The molecule has 0 spiro atoms. The van der Waals surface area contributed by atoms with Crippen LogP contribution in [0, 0.1) is 0 Å². The zero-order chi connectivity index (χ0) is 11.5. The molecular weight excluding hydrogens is 209 g/mol. The van der Waals surface area contributed by atoms with E-state index in [9.17, 15) is 22.8 Å². The van der Waals surface area contributed by atoms with Crippen molar-refractivity contribution in [2.75, 3.05) is 0 Å². The topological polar surface area (TPSA) is 34.1 Å². The molecule has 15 heavy (non-hydrogen) atoms. The van der Waals surface area contributed by atoms with Gasteiger partial charge in [0.05, 0.1) is 12.0 Å². The first-order chi connectivity index (χ1) is 6.95. The van der Waals surface area contributed by atoms with E-state index in [4.69, 9.17) is 0 Å². The lowest BCUT2D eigenvalue weighted by molar-refractivity contribution is -0.137. The van der Waals surface area contributed by atoms with Gasteiger partial charge in [0, 0.05) is 5.56 Å². The minimum absolute atomic E-state index is 0.107. The molecule has 0 amide bonds. The van der Waals surface area contributed by atoms with E-state index >= 15 is 0 Å². The second-order valence-corrected chi connectivity index (χ2v) is 2.87. The summed E-state index contributed by atoms with van der Waals surface area (Å²) in [5, 5.41) is 0. The largest absolute Gasteiger partial charge is 0.416 e. The SMILES string of the molecule is O=CCC(=O)c1ccc(C(F)(F)F)cc1. The second-order valence-electron chi connectivity index (χ2n) is 2.87. The van der Waals surface area contributed by atoms with E-state index in [-0.39, 0.29) is 12.0 Å². The second kappa shape index (κ2) is 4.25. The number of benzene rings is 1. The molecule has 0 radical (unpaired) electrons. The molecule has 0 fully saturated rings. The molecule has 1 aromatic carbocycles. The number of rotatable bonds is 3. The van der Waals surface area contributed by atoms with Crippen LogP contribution in [0.5, 0.6) is 0 Å². The smallest absolute Gasteiger partial charge is 0.303 e.